The maximum atomic E-state index is 12.1. The number of ether oxygens (including phenoxy) is 1. The summed E-state index contributed by atoms with van der Waals surface area (Å²) in [7, 11) is 0. The maximum Gasteiger partial charge on any atom is 0.313 e. The molecule has 2 rings (SSSR count). The van der Waals surface area contributed by atoms with Gasteiger partial charge < -0.3 is 15.8 Å². The molecular formula is C15H20N2O3. The summed E-state index contributed by atoms with van der Waals surface area (Å²) in [5.41, 5.74) is 7.11. The lowest BCUT2D eigenvalue weighted by Crippen LogP contribution is -2.36. The summed E-state index contributed by atoms with van der Waals surface area (Å²) < 4.78 is 5.35. The lowest BCUT2D eigenvalue weighted by molar-refractivity contribution is -0.157. The molecule has 1 amide bonds. The molecule has 1 aliphatic heterocycles. The first-order valence-corrected chi connectivity index (χ1v) is 6.91. The van der Waals surface area contributed by atoms with Gasteiger partial charge in [0.25, 0.3) is 5.91 Å². The number of anilines is 1. The van der Waals surface area contributed by atoms with Crippen LogP contribution in [0.3, 0.4) is 0 Å². The van der Waals surface area contributed by atoms with Crippen LogP contribution in [-0.4, -0.2) is 24.5 Å². The summed E-state index contributed by atoms with van der Waals surface area (Å²) in [5.74, 6) is -1.03. The lowest BCUT2D eigenvalue weighted by atomic mass is 10.0. The summed E-state index contributed by atoms with van der Waals surface area (Å²) >= 11 is 0. The number of hydrogen-bond donors (Lipinski definition) is 2. The van der Waals surface area contributed by atoms with Gasteiger partial charge >= 0.3 is 5.97 Å². The van der Waals surface area contributed by atoms with E-state index >= 15 is 0 Å². The Balaban J connectivity index is 2.01. The average Bonchev–Trinajstić information content (AvgIpc) is 2.63. The quantitative estimate of drug-likeness (QED) is 0.649. The molecule has 5 nitrogen and oxygen atoms in total. The van der Waals surface area contributed by atoms with Crippen LogP contribution in [0.4, 0.5) is 5.69 Å². The molecular weight excluding hydrogens is 256 g/mol. The number of carbonyl (C=O) groups excluding carboxylic acids is 2. The van der Waals surface area contributed by atoms with Crippen LogP contribution < -0.4 is 11.1 Å². The van der Waals surface area contributed by atoms with Crippen LogP contribution in [0, 0.1) is 0 Å². The van der Waals surface area contributed by atoms with Crippen LogP contribution in [0.1, 0.15) is 37.7 Å². The predicted molar refractivity (Wildman–Crippen MR) is 76.0 cm³/mol. The Morgan fingerprint density at radius 3 is 3.00 bits per heavy atom. The predicted octanol–water partition coefficient (Wildman–Crippen LogP) is 1.58. The van der Waals surface area contributed by atoms with Crippen molar-refractivity contribution < 1.29 is 14.3 Å². The molecule has 1 fully saturated rings. The van der Waals surface area contributed by atoms with Gasteiger partial charge in [0.05, 0.1) is 5.92 Å². The summed E-state index contributed by atoms with van der Waals surface area (Å²) in [6.07, 6.45) is 1.71. The van der Waals surface area contributed by atoms with Crippen LogP contribution in [0.15, 0.2) is 24.3 Å². The zero-order valence-corrected chi connectivity index (χ0v) is 11.6. The second-order valence-corrected chi connectivity index (χ2v) is 5.10. The Labute approximate surface area is 118 Å². The Kier molecular flexibility index (Phi) is 4.61. The van der Waals surface area contributed by atoms with E-state index in [9.17, 15) is 9.59 Å². The Morgan fingerprint density at radius 2 is 2.25 bits per heavy atom. The molecule has 0 aliphatic carbocycles. The third kappa shape index (κ3) is 3.50. The van der Waals surface area contributed by atoms with Crippen molar-refractivity contribution >= 4 is 17.6 Å². The molecule has 108 valence electrons. The number of benzene rings is 1. The molecule has 1 heterocycles. The van der Waals surface area contributed by atoms with Gasteiger partial charge in [0.2, 0.25) is 0 Å². The van der Waals surface area contributed by atoms with Crippen LogP contribution in [0.2, 0.25) is 0 Å². The highest BCUT2D eigenvalue weighted by Gasteiger charge is 2.27. The van der Waals surface area contributed by atoms with Crippen molar-refractivity contribution in [3.05, 3.63) is 29.8 Å². The molecule has 0 spiro atoms. The second-order valence-electron chi connectivity index (χ2n) is 5.10. The van der Waals surface area contributed by atoms with Crippen LogP contribution in [0.5, 0.6) is 0 Å². The minimum Gasteiger partial charge on any atom is -0.452 e. The largest absolute Gasteiger partial charge is 0.452 e. The summed E-state index contributed by atoms with van der Waals surface area (Å²) in [6.45, 7) is 2.41. The fourth-order valence-corrected chi connectivity index (χ4v) is 2.23. The first-order chi connectivity index (χ1) is 9.58. The van der Waals surface area contributed by atoms with Crippen molar-refractivity contribution in [2.45, 2.75) is 38.2 Å². The number of carbonyl (C=O) groups is 2. The van der Waals surface area contributed by atoms with Crippen molar-refractivity contribution in [1.82, 2.24) is 5.32 Å². The number of rotatable bonds is 3. The van der Waals surface area contributed by atoms with Gasteiger partial charge in [-0.15, -0.1) is 0 Å². The number of nitrogens with two attached hydrogens (primary N) is 1. The standard InChI is InChI=1S/C15H20N2O3/c1-10(11-5-4-6-12(16)9-11)15(19)20-13-7-2-3-8-17-14(13)18/h4-6,9-10,13H,2-3,7-8,16H2,1H3,(H,17,18). The Morgan fingerprint density at radius 1 is 1.45 bits per heavy atom. The van der Waals surface area contributed by atoms with Gasteiger partial charge in [0.15, 0.2) is 6.10 Å². The molecule has 2 unspecified atom stereocenters. The normalized spacial score (nSPS) is 20.6. The molecule has 0 bridgehead atoms. The van der Waals surface area contributed by atoms with Gasteiger partial charge in [0.1, 0.15) is 0 Å². The van der Waals surface area contributed by atoms with E-state index in [2.05, 4.69) is 5.32 Å². The van der Waals surface area contributed by atoms with Crippen LogP contribution in [-0.2, 0) is 14.3 Å². The molecule has 1 saturated heterocycles. The Hall–Kier alpha value is -2.04. The van der Waals surface area contributed by atoms with Crippen LogP contribution in [0.25, 0.3) is 0 Å². The van der Waals surface area contributed by atoms with Gasteiger partial charge in [-0.2, -0.15) is 0 Å². The van der Waals surface area contributed by atoms with E-state index in [1.165, 1.54) is 0 Å². The van der Waals surface area contributed by atoms with E-state index in [1.807, 2.05) is 6.07 Å². The highest BCUT2D eigenvalue weighted by atomic mass is 16.5. The zero-order valence-electron chi connectivity index (χ0n) is 11.6. The number of nitrogens with one attached hydrogen (secondary N) is 1. The molecule has 3 N–H and O–H groups in total. The van der Waals surface area contributed by atoms with Crippen molar-refractivity contribution in [2.24, 2.45) is 0 Å². The zero-order chi connectivity index (χ0) is 14.5. The molecule has 5 heteroatoms. The molecule has 0 radical (unpaired) electrons. The average molecular weight is 276 g/mol. The summed E-state index contributed by atoms with van der Waals surface area (Å²) in [5, 5.41) is 2.75. The van der Waals surface area contributed by atoms with E-state index in [0.29, 0.717) is 18.7 Å². The van der Waals surface area contributed by atoms with Crippen molar-refractivity contribution in [3.63, 3.8) is 0 Å². The number of hydrogen-bond acceptors (Lipinski definition) is 4. The Bertz CT molecular complexity index is 502. The SMILES string of the molecule is CC(C(=O)OC1CCCCNC1=O)c1cccc(N)c1. The van der Waals surface area contributed by atoms with Gasteiger partial charge in [0, 0.05) is 12.2 Å². The highest BCUT2D eigenvalue weighted by Crippen LogP contribution is 2.21. The molecule has 2 atom stereocenters. The summed E-state index contributed by atoms with van der Waals surface area (Å²) in [6, 6.07) is 7.14. The summed E-state index contributed by atoms with van der Waals surface area (Å²) in [4.78, 5) is 23.9. The monoisotopic (exact) mass is 276 g/mol. The molecule has 0 saturated carbocycles. The van der Waals surface area contributed by atoms with Gasteiger partial charge in [-0.05, 0) is 43.9 Å². The van der Waals surface area contributed by atoms with E-state index in [4.69, 9.17) is 10.5 Å². The van der Waals surface area contributed by atoms with Gasteiger partial charge in [-0.3, -0.25) is 9.59 Å². The smallest absolute Gasteiger partial charge is 0.313 e. The minimum absolute atomic E-state index is 0.198. The third-order valence-corrected chi connectivity index (χ3v) is 3.51. The minimum atomic E-state index is -0.673. The van der Waals surface area contributed by atoms with Crippen LogP contribution >= 0.6 is 0 Å². The second kappa shape index (κ2) is 6.41. The van der Waals surface area contributed by atoms with E-state index < -0.39 is 18.0 Å². The molecule has 0 aromatic heterocycles. The fourth-order valence-electron chi connectivity index (χ4n) is 2.23. The van der Waals surface area contributed by atoms with Crippen molar-refractivity contribution in [1.29, 1.82) is 0 Å². The van der Waals surface area contributed by atoms with E-state index in [1.54, 1.807) is 25.1 Å². The topological polar surface area (TPSA) is 81.4 Å². The van der Waals surface area contributed by atoms with E-state index in [-0.39, 0.29) is 5.91 Å². The van der Waals surface area contributed by atoms with Gasteiger partial charge in [-0.25, -0.2) is 0 Å². The molecule has 1 aromatic carbocycles. The number of esters is 1. The lowest BCUT2D eigenvalue weighted by Gasteiger charge is -2.18. The number of nitrogen functional groups attached to an aromatic ring is 1. The molecule has 1 aromatic rings. The first-order valence-electron chi connectivity index (χ1n) is 6.91. The fraction of sp³-hybridized carbons (Fsp3) is 0.467. The van der Waals surface area contributed by atoms with E-state index in [0.717, 1.165) is 18.4 Å². The van der Waals surface area contributed by atoms with Gasteiger partial charge in [-0.1, -0.05) is 12.1 Å². The maximum absolute atomic E-state index is 12.1. The molecule has 20 heavy (non-hydrogen) atoms. The third-order valence-electron chi connectivity index (χ3n) is 3.51. The van der Waals surface area contributed by atoms with Crippen molar-refractivity contribution in [2.75, 3.05) is 12.3 Å². The molecule has 1 aliphatic rings. The number of amides is 1. The first kappa shape index (κ1) is 14.4. The highest BCUT2D eigenvalue weighted by molar-refractivity contribution is 5.85. The van der Waals surface area contributed by atoms with Crippen molar-refractivity contribution in [3.8, 4) is 0 Å².